The number of methoxy groups -OCH3 is 1. The minimum atomic E-state index is -0.313. The van der Waals surface area contributed by atoms with Crippen LogP contribution >= 0.6 is 0 Å². The van der Waals surface area contributed by atoms with E-state index < -0.39 is 0 Å². The highest BCUT2D eigenvalue weighted by Gasteiger charge is 2.16. The first-order valence-corrected chi connectivity index (χ1v) is 5.88. The predicted molar refractivity (Wildman–Crippen MR) is 69.6 cm³/mol. The van der Waals surface area contributed by atoms with Crippen molar-refractivity contribution in [2.45, 2.75) is 19.4 Å². The lowest BCUT2D eigenvalue weighted by Gasteiger charge is -2.17. The van der Waals surface area contributed by atoms with Gasteiger partial charge in [-0.3, -0.25) is 4.79 Å². The van der Waals surface area contributed by atoms with E-state index in [2.05, 4.69) is 5.32 Å². The lowest BCUT2D eigenvalue weighted by Crippen LogP contribution is -2.39. The van der Waals surface area contributed by atoms with Crippen molar-refractivity contribution in [3.8, 4) is 5.75 Å². The van der Waals surface area contributed by atoms with Crippen LogP contribution in [0.25, 0.3) is 0 Å². The van der Waals surface area contributed by atoms with Gasteiger partial charge in [0, 0.05) is 7.11 Å². The van der Waals surface area contributed by atoms with Crippen molar-refractivity contribution < 1.29 is 14.6 Å². The van der Waals surface area contributed by atoms with Crippen LogP contribution < -0.4 is 11.1 Å². The molecular formula is C13H20N2O3. The van der Waals surface area contributed by atoms with Crippen molar-refractivity contribution in [1.82, 2.24) is 5.32 Å². The molecule has 1 aromatic carbocycles. The SMILES string of the molecule is COCC(CCN)NC(=O)c1cc(C)ccc1O. The van der Waals surface area contributed by atoms with E-state index in [1.165, 1.54) is 6.07 Å². The van der Waals surface area contributed by atoms with E-state index in [0.29, 0.717) is 19.6 Å². The topological polar surface area (TPSA) is 84.6 Å². The number of nitrogens with two attached hydrogens (primary N) is 1. The van der Waals surface area contributed by atoms with Gasteiger partial charge in [0.1, 0.15) is 5.75 Å². The molecule has 0 bridgehead atoms. The number of aryl methyl sites for hydroxylation is 1. The highest BCUT2D eigenvalue weighted by atomic mass is 16.5. The van der Waals surface area contributed by atoms with Gasteiger partial charge < -0.3 is 20.9 Å². The molecular weight excluding hydrogens is 232 g/mol. The maximum absolute atomic E-state index is 12.0. The van der Waals surface area contributed by atoms with Gasteiger partial charge in [-0.05, 0) is 32.0 Å². The summed E-state index contributed by atoms with van der Waals surface area (Å²) in [7, 11) is 1.57. The van der Waals surface area contributed by atoms with Gasteiger partial charge in [0.15, 0.2) is 0 Å². The third kappa shape index (κ3) is 4.01. The highest BCUT2D eigenvalue weighted by Crippen LogP contribution is 2.18. The van der Waals surface area contributed by atoms with Crippen LogP contribution in [0.15, 0.2) is 18.2 Å². The molecule has 100 valence electrons. The van der Waals surface area contributed by atoms with E-state index in [0.717, 1.165) is 5.56 Å². The number of rotatable bonds is 6. The van der Waals surface area contributed by atoms with Crippen LogP contribution in [0.3, 0.4) is 0 Å². The number of benzene rings is 1. The molecule has 0 aromatic heterocycles. The van der Waals surface area contributed by atoms with Crippen LogP contribution in [0.1, 0.15) is 22.3 Å². The molecule has 1 aromatic rings. The van der Waals surface area contributed by atoms with Gasteiger partial charge in [-0.25, -0.2) is 0 Å². The second kappa shape index (κ2) is 6.98. The molecule has 0 spiro atoms. The van der Waals surface area contributed by atoms with Crippen molar-refractivity contribution in [2.24, 2.45) is 5.73 Å². The summed E-state index contributed by atoms with van der Waals surface area (Å²) in [5.41, 5.74) is 6.66. The summed E-state index contributed by atoms with van der Waals surface area (Å²) >= 11 is 0. The summed E-state index contributed by atoms with van der Waals surface area (Å²) in [4.78, 5) is 12.0. The van der Waals surface area contributed by atoms with Gasteiger partial charge in [-0.15, -0.1) is 0 Å². The fraction of sp³-hybridized carbons (Fsp3) is 0.462. The summed E-state index contributed by atoms with van der Waals surface area (Å²) in [6.07, 6.45) is 0.631. The Morgan fingerprint density at radius 1 is 1.56 bits per heavy atom. The number of carbonyl (C=O) groups is 1. The van der Waals surface area contributed by atoms with Crippen molar-refractivity contribution in [3.05, 3.63) is 29.3 Å². The van der Waals surface area contributed by atoms with Crippen LogP contribution in [-0.4, -0.2) is 37.3 Å². The lowest BCUT2D eigenvalue weighted by atomic mass is 10.1. The maximum Gasteiger partial charge on any atom is 0.255 e. The van der Waals surface area contributed by atoms with Crippen LogP contribution in [0.2, 0.25) is 0 Å². The van der Waals surface area contributed by atoms with E-state index in [9.17, 15) is 9.90 Å². The standard InChI is InChI=1S/C13H20N2O3/c1-9-3-4-12(16)11(7-9)13(17)15-10(5-6-14)8-18-2/h3-4,7,10,16H,5-6,8,14H2,1-2H3,(H,15,17). The molecule has 4 N–H and O–H groups in total. The van der Waals surface area contributed by atoms with E-state index >= 15 is 0 Å². The number of hydrogen-bond acceptors (Lipinski definition) is 4. The first kappa shape index (κ1) is 14.5. The molecule has 0 saturated heterocycles. The van der Waals surface area contributed by atoms with E-state index in [1.807, 2.05) is 6.92 Å². The minimum Gasteiger partial charge on any atom is -0.507 e. The number of amides is 1. The molecule has 18 heavy (non-hydrogen) atoms. The predicted octanol–water partition coefficient (Wildman–Crippen LogP) is 0.794. The lowest BCUT2D eigenvalue weighted by molar-refractivity contribution is 0.0890. The molecule has 0 aliphatic heterocycles. The van der Waals surface area contributed by atoms with Gasteiger partial charge in [0.2, 0.25) is 0 Å². The molecule has 5 nitrogen and oxygen atoms in total. The Balaban J connectivity index is 2.76. The number of nitrogens with one attached hydrogen (secondary N) is 1. The molecule has 1 rings (SSSR count). The van der Waals surface area contributed by atoms with Crippen molar-refractivity contribution in [2.75, 3.05) is 20.3 Å². The Bertz CT molecular complexity index is 401. The van der Waals surface area contributed by atoms with Gasteiger partial charge in [-0.1, -0.05) is 11.6 Å². The van der Waals surface area contributed by atoms with E-state index in [4.69, 9.17) is 10.5 Å². The third-order valence-electron chi connectivity index (χ3n) is 2.61. The zero-order valence-electron chi connectivity index (χ0n) is 10.8. The Morgan fingerprint density at radius 2 is 2.28 bits per heavy atom. The van der Waals surface area contributed by atoms with Gasteiger partial charge in [0.05, 0.1) is 18.2 Å². The summed E-state index contributed by atoms with van der Waals surface area (Å²) < 4.78 is 5.01. The fourth-order valence-electron chi connectivity index (χ4n) is 1.69. The molecule has 1 atom stereocenters. The summed E-state index contributed by atoms with van der Waals surface area (Å²) in [6, 6.07) is 4.76. The van der Waals surface area contributed by atoms with Gasteiger partial charge in [-0.2, -0.15) is 0 Å². The van der Waals surface area contributed by atoms with Crippen molar-refractivity contribution in [1.29, 1.82) is 0 Å². The number of phenolic OH excluding ortho intramolecular Hbond substituents is 1. The molecule has 1 amide bonds. The van der Waals surface area contributed by atoms with Crippen LogP contribution in [-0.2, 0) is 4.74 Å². The zero-order chi connectivity index (χ0) is 13.5. The second-order valence-corrected chi connectivity index (χ2v) is 4.22. The van der Waals surface area contributed by atoms with Gasteiger partial charge in [0.25, 0.3) is 5.91 Å². The monoisotopic (exact) mass is 252 g/mol. The highest BCUT2D eigenvalue weighted by molar-refractivity contribution is 5.97. The van der Waals surface area contributed by atoms with Crippen molar-refractivity contribution >= 4 is 5.91 Å². The fourth-order valence-corrected chi connectivity index (χ4v) is 1.69. The number of aromatic hydroxyl groups is 1. The average Bonchev–Trinajstić information content (AvgIpc) is 2.33. The van der Waals surface area contributed by atoms with Crippen LogP contribution in [0.5, 0.6) is 5.75 Å². The first-order valence-electron chi connectivity index (χ1n) is 5.88. The molecule has 0 radical (unpaired) electrons. The Kier molecular flexibility index (Phi) is 5.61. The summed E-state index contributed by atoms with van der Waals surface area (Å²) in [6.45, 7) is 2.73. The molecule has 0 aliphatic rings. The number of carbonyl (C=O) groups excluding carboxylic acids is 1. The largest absolute Gasteiger partial charge is 0.507 e. The number of ether oxygens (including phenoxy) is 1. The molecule has 0 saturated carbocycles. The molecule has 0 fully saturated rings. The number of hydrogen-bond donors (Lipinski definition) is 3. The molecule has 0 heterocycles. The van der Waals surface area contributed by atoms with E-state index in [1.54, 1.807) is 19.2 Å². The first-order chi connectivity index (χ1) is 8.58. The third-order valence-corrected chi connectivity index (χ3v) is 2.61. The van der Waals surface area contributed by atoms with Crippen LogP contribution in [0, 0.1) is 6.92 Å². The van der Waals surface area contributed by atoms with Gasteiger partial charge >= 0.3 is 0 Å². The maximum atomic E-state index is 12.0. The zero-order valence-corrected chi connectivity index (χ0v) is 10.8. The molecule has 1 unspecified atom stereocenters. The summed E-state index contributed by atoms with van der Waals surface area (Å²) in [5, 5.41) is 12.5. The number of phenols is 1. The Hall–Kier alpha value is -1.59. The Morgan fingerprint density at radius 3 is 2.89 bits per heavy atom. The quantitative estimate of drug-likeness (QED) is 0.699. The van der Waals surface area contributed by atoms with Crippen molar-refractivity contribution in [3.63, 3.8) is 0 Å². The second-order valence-electron chi connectivity index (χ2n) is 4.22. The summed E-state index contributed by atoms with van der Waals surface area (Å²) in [5.74, 6) is -0.339. The molecule has 5 heteroatoms. The normalized spacial score (nSPS) is 12.2. The molecule has 0 aliphatic carbocycles. The van der Waals surface area contributed by atoms with Crippen LogP contribution in [0.4, 0.5) is 0 Å². The van der Waals surface area contributed by atoms with E-state index in [-0.39, 0.29) is 23.3 Å². The average molecular weight is 252 g/mol. The smallest absolute Gasteiger partial charge is 0.255 e. The minimum absolute atomic E-state index is 0.0259. The Labute approximate surface area is 107 Å².